The van der Waals surface area contributed by atoms with Gasteiger partial charge in [-0.3, -0.25) is 4.98 Å². The third kappa shape index (κ3) is 5.15. The molecule has 0 aliphatic carbocycles. The van der Waals surface area contributed by atoms with Crippen LogP contribution in [0.5, 0.6) is 0 Å². The van der Waals surface area contributed by atoms with E-state index in [0.29, 0.717) is 0 Å². The first kappa shape index (κ1) is 13.5. The van der Waals surface area contributed by atoms with Crippen molar-refractivity contribution in [3.05, 3.63) is 30.1 Å². The Morgan fingerprint density at radius 1 is 1.17 bits per heavy atom. The van der Waals surface area contributed by atoms with E-state index in [0.717, 1.165) is 19.5 Å². The van der Waals surface area contributed by atoms with Gasteiger partial charge < -0.3 is 10.2 Å². The minimum atomic E-state index is 1.06. The maximum Gasteiger partial charge on any atom is 0.0300 e. The third-order valence-corrected chi connectivity index (χ3v) is 3.59. The maximum absolute atomic E-state index is 4.13. The van der Waals surface area contributed by atoms with Crippen LogP contribution in [0.4, 0.5) is 0 Å². The van der Waals surface area contributed by atoms with Gasteiger partial charge in [0.05, 0.1) is 0 Å². The van der Waals surface area contributed by atoms with Gasteiger partial charge >= 0.3 is 0 Å². The van der Waals surface area contributed by atoms with E-state index >= 15 is 0 Å². The monoisotopic (exact) mass is 247 g/mol. The van der Waals surface area contributed by atoms with Crippen LogP contribution in [-0.2, 0) is 6.42 Å². The summed E-state index contributed by atoms with van der Waals surface area (Å²) in [6.45, 7) is 6.09. The van der Waals surface area contributed by atoms with Gasteiger partial charge in [-0.15, -0.1) is 0 Å². The third-order valence-electron chi connectivity index (χ3n) is 3.59. The molecule has 3 heteroatoms. The first-order valence-corrected chi connectivity index (χ1v) is 7.27. The van der Waals surface area contributed by atoms with Gasteiger partial charge in [-0.1, -0.05) is 12.5 Å². The predicted molar refractivity (Wildman–Crippen MR) is 75.7 cm³/mol. The molecule has 0 bridgehead atoms. The van der Waals surface area contributed by atoms with E-state index in [2.05, 4.69) is 21.3 Å². The maximum atomic E-state index is 4.13. The summed E-state index contributed by atoms with van der Waals surface area (Å²) in [5.74, 6) is 0. The van der Waals surface area contributed by atoms with Crippen LogP contribution >= 0.6 is 0 Å². The molecule has 0 atom stereocenters. The molecule has 1 aliphatic rings. The van der Waals surface area contributed by atoms with Gasteiger partial charge in [0.25, 0.3) is 0 Å². The summed E-state index contributed by atoms with van der Waals surface area (Å²) >= 11 is 0. The molecule has 1 fully saturated rings. The number of hydrogen-bond donors (Lipinski definition) is 1. The van der Waals surface area contributed by atoms with Crippen molar-refractivity contribution in [2.24, 2.45) is 0 Å². The molecular formula is C15H25N3. The Morgan fingerprint density at radius 2 is 2.06 bits per heavy atom. The zero-order chi connectivity index (χ0) is 12.5. The fraction of sp³-hybridized carbons (Fsp3) is 0.667. The number of piperidine rings is 1. The molecular weight excluding hydrogens is 222 g/mol. The van der Waals surface area contributed by atoms with E-state index in [1.807, 2.05) is 18.5 Å². The van der Waals surface area contributed by atoms with Gasteiger partial charge in [0.2, 0.25) is 0 Å². The Bertz CT molecular complexity index is 307. The zero-order valence-corrected chi connectivity index (χ0v) is 11.3. The van der Waals surface area contributed by atoms with Crippen molar-refractivity contribution in [2.75, 3.05) is 32.7 Å². The summed E-state index contributed by atoms with van der Waals surface area (Å²) in [5, 5.41) is 3.52. The van der Waals surface area contributed by atoms with Gasteiger partial charge in [0.15, 0.2) is 0 Å². The summed E-state index contributed by atoms with van der Waals surface area (Å²) in [7, 11) is 0. The van der Waals surface area contributed by atoms with Crippen LogP contribution in [0.1, 0.15) is 31.2 Å². The molecule has 3 nitrogen and oxygen atoms in total. The summed E-state index contributed by atoms with van der Waals surface area (Å²) in [6.07, 6.45) is 10.4. The molecule has 2 rings (SSSR count). The average Bonchev–Trinajstić information content (AvgIpc) is 2.45. The number of rotatable bonds is 7. The van der Waals surface area contributed by atoms with Crippen LogP contribution in [0.15, 0.2) is 24.5 Å². The summed E-state index contributed by atoms with van der Waals surface area (Å²) in [4.78, 5) is 6.73. The highest BCUT2D eigenvalue weighted by molar-refractivity contribution is 5.08. The van der Waals surface area contributed by atoms with Crippen molar-refractivity contribution in [3.8, 4) is 0 Å². The molecule has 0 amide bonds. The van der Waals surface area contributed by atoms with Crippen molar-refractivity contribution in [3.63, 3.8) is 0 Å². The number of pyridine rings is 1. The van der Waals surface area contributed by atoms with Gasteiger partial charge in [-0.25, -0.2) is 0 Å². The molecule has 1 aromatic heterocycles. The number of hydrogen-bond acceptors (Lipinski definition) is 3. The fourth-order valence-corrected chi connectivity index (χ4v) is 2.51. The van der Waals surface area contributed by atoms with Crippen LogP contribution in [0.2, 0.25) is 0 Å². The topological polar surface area (TPSA) is 28.2 Å². The second kappa shape index (κ2) is 8.22. The lowest BCUT2D eigenvalue weighted by Gasteiger charge is -2.26. The molecule has 1 aliphatic heterocycles. The van der Waals surface area contributed by atoms with Crippen LogP contribution < -0.4 is 5.32 Å². The highest BCUT2D eigenvalue weighted by atomic mass is 15.1. The van der Waals surface area contributed by atoms with Gasteiger partial charge in [-0.2, -0.15) is 0 Å². The Labute approximate surface area is 111 Å². The van der Waals surface area contributed by atoms with Crippen LogP contribution in [0.25, 0.3) is 0 Å². The lowest BCUT2D eigenvalue weighted by atomic mass is 10.1. The molecule has 18 heavy (non-hydrogen) atoms. The second-order valence-electron chi connectivity index (χ2n) is 5.12. The van der Waals surface area contributed by atoms with Gasteiger partial charge in [0.1, 0.15) is 0 Å². The average molecular weight is 247 g/mol. The van der Waals surface area contributed by atoms with Crippen LogP contribution in [-0.4, -0.2) is 42.6 Å². The fourth-order valence-electron chi connectivity index (χ4n) is 2.51. The molecule has 0 spiro atoms. The largest absolute Gasteiger partial charge is 0.316 e. The molecule has 2 heterocycles. The van der Waals surface area contributed by atoms with Crippen LogP contribution in [0.3, 0.4) is 0 Å². The summed E-state index contributed by atoms with van der Waals surface area (Å²) < 4.78 is 0. The van der Waals surface area contributed by atoms with Gasteiger partial charge in [0, 0.05) is 12.4 Å². The Morgan fingerprint density at radius 3 is 2.83 bits per heavy atom. The molecule has 1 N–H and O–H groups in total. The highest BCUT2D eigenvalue weighted by Crippen LogP contribution is 2.08. The van der Waals surface area contributed by atoms with E-state index in [1.54, 1.807) is 0 Å². The smallest absolute Gasteiger partial charge is 0.0300 e. The second-order valence-corrected chi connectivity index (χ2v) is 5.12. The minimum Gasteiger partial charge on any atom is -0.316 e. The molecule has 100 valence electrons. The van der Waals surface area contributed by atoms with Crippen molar-refractivity contribution < 1.29 is 0 Å². The summed E-state index contributed by atoms with van der Waals surface area (Å²) in [6, 6.07) is 4.15. The minimum absolute atomic E-state index is 1.06. The first-order valence-electron chi connectivity index (χ1n) is 7.27. The normalized spacial score (nSPS) is 16.9. The van der Waals surface area contributed by atoms with E-state index in [-0.39, 0.29) is 0 Å². The van der Waals surface area contributed by atoms with Crippen molar-refractivity contribution in [1.29, 1.82) is 0 Å². The van der Waals surface area contributed by atoms with E-state index < -0.39 is 0 Å². The highest BCUT2D eigenvalue weighted by Gasteiger charge is 2.08. The van der Waals surface area contributed by atoms with E-state index in [4.69, 9.17) is 0 Å². The molecule has 0 saturated carbocycles. The Balaban J connectivity index is 1.46. The SMILES string of the molecule is c1cncc(CCNCCCN2CCCCC2)c1. The first-order chi connectivity index (χ1) is 8.95. The lowest BCUT2D eigenvalue weighted by Crippen LogP contribution is -2.32. The van der Waals surface area contributed by atoms with E-state index in [9.17, 15) is 0 Å². The number of likely N-dealkylation sites (tertiary alicyclic amines) is 1. The predicted octanol–water partition coefficient (Wildman–Crippen LogP) is 2.09. The lowest BCUT2D eigenvalue weighted by molar-refractivity contribution is 0.226. The quantitative estimate of drug-likeness (QED) is 0.748. The summed E-state index contributed by atoms with van der Waals surface area (Å²) in [5.41, 5.74) is 1.32. The van der Waals surface area contributed by atoms with Crippen molar-refractivity contribution in [2.45, 2.75) is 32.1 Å². The number of nitrogens with one attached hydrogen (secondary N) is 1. The van der Waals surface area contributed by atoms with Crippen LogP contribution in [0, 0.1) is 0 Å². The molecule has 0 radical (unpaired) electrons. The number of nitrogens with zero attached hydrogens (tertiary/aromatic N) is 2. The number of aromatic nitrogens is 1. The van der Waals surface area contributed by atoms with Crippen molar-refractivity contribution >= 4 is 0 Å². The molecule has 0 unspecified atom stereocenters. The Hall–Kier alpha value is -0.930. The van der Waals surface area contributed by atoms with Crippen molar-refractivity contribution in [1.82, 2.24) is 15.2 Å². The van der Waals surface area contributed by atoms with E-state index in [1.165, 1.54) is 50.9 Å². The van der Waals surface area contributed by atoms with Gasteiger partial charge in [-0.05, 0) is 70.0 Å². The zero-order valence-electron chi connectivity index (χ0n) is 11.3. The molecule has 1 saturated heterocycles. The Kier molecular flexibility index (Phi) is 6.17. The molecule has 0 aromatic carbocycles. The standard InChI is InChI=1S/C15H25N3/c1-2-11-18(12-3-1)13-5-9-16-10-7-15-6-4-8-17-14-15/h4,6,8,14,16H,1-3,5,7,9-13H2. The molecule has 1 aromatic rings.